The van der Waals surface area contributed by atoms with E-state index in [0.29, 0.717) is 25.7 Å². The Morgan fingerprint density at radius 1 is 1.19 bits per heavy atom. The molecule has 21 heavy (non-hydrogen) atoms. The fraction of sp³-hybridized carbons (Fsp3) is 0.941. The van der Waals surface area contributed by atoms with Crippen LogP contribution in [-0.2, 0) is 9.53 Å². The highest BCUT2D eigenvalue weighted by Gasteiger charge is 2.26. The number of carbonyl (C=O) groups excluding carboxylic acids is 1. The first-order chi connectivity index (χ1) is 9.57. The normalized spacial score (nSPS) is 20.1. The molecule has 1 rings (SSSR count). The van der Waals surface area contributed by atoms with E-state index in [4.69, 9.17) is 4.74 Å². The summed E-state index contributed by atoms with van der Waals surface area (Å²) in [6, 6.07) is 0.448. The maximum atomic E-state index is 12.1. The Morgan fingerprint density at radius 3 is 2.43 bits per heavy atom. The van der Waals surface area contributed by atoms with Crippen LogP contribution in [0, 0.1) is 10.8 Å². The molecular formula is C17H34N2O2. The van der Waals surface area contributed by atoms with Crippen LogP contribution in [0.3, 0.4) is 0 Å². The molecule has 0 aromatic rings. The molecule has 1 aliphatic rings. The van der Waals surface area contributed by atoms with Crippen LogP contribution in [0.4, 0.5) is 0 Å². The van der Waals surface area contributed by atoms with E-state index in [0.717, 1.165) is 26.1 Å². The molecule has 0 saturated carbocycles. The van der Waals surface area contributed by atoms with Gasteiger partial charge in [0, 0.05) is 25.7 Å². The Labute approximate surface area is 130 Å². The van der Waals surface area contributed by atoms with Crippen LogP contribution in [-0.4, -0.2) is 49.7 Å². The van der Waals surface area contributed by atoms with Crippen molar-refractivity contribution in [1.82, 2.24) is 10.2 Å². The zero-order valence-corrected chi connectivity index (χ0v) is 14.8. The molecule has 0 radical (unpaired) electrons. The molecule has 0 bridgehead atoms. The lowest BCUT2D eigenvalue weighted by Gasteiger charge is -2.23. The Bertz CT molecular complexity index is 329. The van der Waals surface area contributed by atoms with Crippen LogP contribution in [0.15, 0.2) is 0 Å². The van der Waals surface area contributed by atoms with E-state index in [1.54, 1.807) is 0 Å². The molecule has 4 nitrogen and oxygen atoms in total. The first-order valence-electron chi connectivity index (χ1n) is 8.16. The highest BCUT2D eigenvalue weighted by atomic mass is 16.5. The first-order valence-corrected chi connectivity index (χ1v) is 8.16. The second-order valence-corrected chi connectivity index (χ2v) is 8.63. The highest BCUT2D eigenvalue weighted by molar-refractivity contribution is 5.76. The largest absolute Gasteiger partial charge is 0.380 e. The number of likely N-dealkylation sites (tertiary alicyclic amines) is 1. The molecule has 4 heteroatoms. The van der Waals surface area contributed by atoms with Gasteiger partial charge in [-0.05, 0) is 17.3 Å². The van der Waals surface area contributed by atoms with Gasteiger partial charge in [0.15, 0.2) is 0 Å². The minimum absolute atomic E-state index is 0.165. The topological polar surface area (TPSA) is 41.6 Å². The van der Waals surface area contributed by atoms with E-state index in [-0.39, 0.29) is 16.7 Å². The Kier molecular flexibility index (Phi) is 6.67. The van der Waals surface area contributed by atoms with Crippen LogP contribution >= 0.6 is 0 Å². The van der Waals surface area contributed by atoms with Gasteiger partial charge in [-0.25, -0.2) is 0 Å². The summed E-state index contributed by atoms with van der Waals surface area (Å²) in [5.41, 5.74) is 0.455. The molecule has 0 aliphatic carbocycles. The predicted octanol–water partition coefficient (Wildman–Crippen LogP) is 2.68. The zero-order valence-electron chi connectivity index (χ0n) is 14.8. The standard InChI is InChI=1S/C17H34N2O2/c1-16(2,3)12-18-14-7-9-19(11-14)15(20)8-10-21-13-17(4,5)6/h14,18H,7-13H2,1-6H3/t14-/m1/s1. The fourth-order valence-corrected chi connectivity index (χ4v) is 2.30. The number of amides is 1. The minimum Gasteiger partial charge on any atom is -0.380 e. The van der Waals surface area contributed by atoms with Crippen molar-refractivity contribution in [3.05, 3.63) is 0 Å². The molecule has 1 heterocycles. The smallest absolute Gasteiger partial charge is 0.224 e. The number of nitrogens with one attached hydrogen (secondary N) is 1. The summed E-state index contributed by atoms with van der Waals surface area (Å²) >= 11 is 0. The lowest BCUT2D eigenvalue weighted by molar-refractivity contribution is -0.131. The molecule has 0 aromatic heterocycles. The van der Waals surface area contributed by atoms with E-state index < -0.39 is 0 Å². The molecule has 0 aromatic carbocycles. The van der Waals surface area contributed by atoms with E-state index >= 15 is 0 Å². The maximum Gasteiger partial charge on any atom is 0.224 e. The summed E-state index contributed by atoms with van der Waals surface area (Å²) in [4.78, 5) is 14.1. The van der Waals surface area contributed by atoms with Gasteiger partial charge in [-0.15, -0.1) is 0 Å². The highest BCUT2D eigenvalue weighted by Crippen LogP contribution is 2.16. The average Bonchev–Trinajstić information content (AvgIpc) is 2.78. The summed E-state index contributed by atoms with van der Waals surface area (Å²) in [6.45, 7) is 17.0. The van der Waals surface area contributed by atoms with E-state index in [9.17, 15) is 4.79 Å². The van der Waals surface area contributed by atoms with Crippen LogP contribution < -0.4 is 5.32 Å². The summed E-state index contributed by atoms with van der Waals surface area (Å²) in [7, 11) is 0. The molecule has 1 amide bonds. The number of rotatable bonds is 6. The van der Waals surface area contributed by atoms with Crippen molar-refractivity contribution in [1.29, 1.82) is 0 Å². The van der Waals surface area contributed by atoms with Crippen molar-refractivity contribution in [2.75, 3.05) is 32.8 Å². The first kappa shape index (κ1) is 18.4. The fourth-order valence-electron chi connectivity index (χ4n) is 2.30. The second kappa shape index (κ2) is 7.59. The van der Waals surface area contributed by atoms with E-state index in [1.165, 1.54) is 0 Å². The average molecular weight is 298 g/mol. The molecule has 0 spiro atoms. The summed E-state index contributed by atoms with van der Waals surface area (Å²) in [6.07, 6.45) is 1.56. The van der Waals surface area contributed by atoms with Gasteiger partial charge in [0.05, 0.1) is 19.6 Å². The predicted molar refractivity (Wildman–Crippen MR) is 87.3 cm³/mol. The molecule has 1 saturated heterocycles. The summed E-state index contributed by atoms with van der Waals surface area (Å²) in [5, 5.41) is 3.57. The van der Waals surface area contributed by atoms with Crippen LogP contribution in [0.5, 0.6) is 0 Å². The minimum atomic E-state index is 0.165. The number of ether oxygens (including phenoxy) is 1. The van der Waals surface area contributed by atoms with Gasteiger partial charge in [0.2, 0.25) is 5.91 Å². The van der Waals surface area contributed by atoms with Gasteiger partial charge < -0.3 is 15.0 Å². The second-order valence-electron chi connectivity index (χ2n) is 8.63. The van der Waals surface area contributed by atoms with Crippen molar-refractivity contribution in [3.63, 3.8) is 0 Å². The van der Waals surface area contributed by atoms with Crippen molar-refractivity contribution in [3.8, 4) is 0 Å². The van der Waals surface area contributed by atoms with Crippen molar-refractivity contribution in [2.24, 2.45) is 10.8 Å². The van der Waals surface area contributed by atoms with Gasteiger partial charge in [-0.3, -0.25) is 4.79 Å². The van der Waals surface area contributed by atoms with Gasteiger partial charge in [-0.2, -0.15) is 0 Å². The summed E-state index contributed by atoms with van der Waals surface area (Å²) in [5.74, 6) is 0.226. The molecule has 1 N–H and O–H groups in total. The molecule has 1 aliphatic heterocycles. The lowest BCUT2D eigenvalue weighted by Crippen LogP contribution is -2.39. The molecule has 0 unspecified atom stereocenters. The lowest BCUT2D eigenvalue weighted by atomic mass is 9.96. The Morgan fingerprint density at radius 2 is 1.86 bits per heavy atom. The Balaban J connectivity index is 2.19. The molecule has 124 valence electrons. The van der Waals surface area contributed by atoms with Crippen molar-refractivity contribution >= 4 is 5.91 Å². The maximum absolute atomic E-state index is 12.1. The van der Waals surface area contributed by atoms with Gasteiger partial charge in [0.1, 0.15) is 0 Å². The number of hydrogen-bond acceptors (Lipinski definition) is 3. The van der Waals surface area contributed by atoms with E-state index in [2.05, 4.69) is 46.9 Å². The van der Waals surface area contributed by atoms with Crippen LogP contribution in [0.1, 0.15) is 54.4 Å². The van der Waals surface area contributed by atoms with E-state index in [1.807, 2.05) is 4.90 Å². The molecule has 1 fully saturated rings. The molecule has 1 atom stereocenters. The Hall–Kier alpha value is -0.610. The number of hydrogen-bond donors (Lipinski definition) is 1. The molecular weight excluding hydrogens is 264 g/mol. The SMILES string of the molecule is CC(C)(C)CN[C@@H]1CCN(C(=O)CCOCC(C)(C)C)C1. The quantitative estimate of drug-likeness (QED) is 0.767. The van der Waals surface area contributed by atoms with Crippen molar-refractivity contribution < 1.29 is 9.53 Å². The van der Waals surface area contributed by atoms with Crippen molar-refractivity contribution in [2.45, 2.75) is 60.4 Å². The zero-order chi connectivity index (χ0) is 16.1. The third kappa shape index (κ3) is 8.42. The van der Waals surface area contributed by atoms with Crippen LogP contribution in [0.25, 0.3) is 0 Å². The van der Waals surface area contributed by atoms with Gasteiger partial charge >= 0.3 is 0 Å². The van der Waals surface area contributed by atoms with Crippen LogP contribution in [0.2, 0.25) is 0 Å². The third-order valence-electron chi connectivity index (χ3n) is 3.46. The number of nitrogens with zero attached hydrogens (tertiary/aromatic N) is 1. The van der Waals surface area contributed by atoms with Gasteiger partial charge in [-0.1, -0.05) is 41.5 Å². The summed E-state index contributed by atoms with van der Waals surface area (Å²) < 4.78 is 5.58. The third-order valence-corrected chi connectivity index (χ3v) is 3.46. The van der Waals surface area contributed by atoms with Gasteiger partial charge in [0.25, 0.3) is 0 Å². The number of carbonyl (C=O) groups is 1. The monoisotopic (exact) mass is 298 g/mol.